The van der Waals surface area contributed by atoms with Gasteiger partial charge in [-0.1, -0.05) is 46.8 Å². The minimum Gasteiger partial charge on any atom is -0.497 e. The molecular weight excluding hydrogens is 342 g/mol. The van der Waals surface area contributed by atoms with Crippen LogP contribution in [0.2, 0.25) is 0 Å². The predicted octanol–water partition coefficient (Wildman–Crippen LogP) is 3.42. The highest BCUT2D eigenvalue weighted by molar-refractivity contribution is 6.07. The van der Waals surface area contributed by atoms with Gasteiger partial charge < -0.3 is 10.1 Å². The number of nitrogens with zero attached hydrogens (tertiary/aromatic N) is 2. The monoisotopic (exact) mass is 375 g/mol. The second-order valence-corrected chi connectivity index (χ2v) is 8.12. The number of benzene rings is 1. The summed E-state index contributed by atoms with van der Waals surface area (Å²) < 4.78 is 5.20. The second-order valence-electron chi connectivity index (χ2n) is 8.12. The van der Waals surface area contributed by atoms with Crippen molar-refractivity contribution >= 4 is 11.9 Å². The molecule has 1 saturated heterocycles. The molecule has 150 valence electrons. The summed E-state index contributed by atoms with van der Waals surface area (Å²) in [6.45, 7) is 12.5. The van der Waals surface area contributed by atoms with E-state index in [0.29, 0.717) is 24.9 Å². The maximum Gasteiger partial charge on any atom is 0.326 e. The van der Waals surface area contributed by atoms with Crippen molar-refractivity contribution in [1.29, 1.82) is 0 Å². The first-order chi connectivity index (χ1) is 12.7. The van der Waals surface area contributed by atoms with Crippen molar-refractivity contribution in [1.82, 2.24) is 15.1 Å². The molecule has 0 bridgehead atoms. The minimum atomic E-state index is -1.01. The van der Waals surface area contributed by atoms with Gasteiger partial charge in [-0.25, -0.2) is 9.69 Å². The standard InChI is InChI=1S/C21H33N3O3/c1-7-21(17-8-10-18(27-6)11-9-17)19(25)24(20(26)22-21)14-23(12-15(2)3)13-16(4)5/h8-11,15-16H,7,12-14H2,1-6H3,(H,22,26)/t21-/m0/s1. The largest absolute Gasteiger partial charge is 0.497 e. The molecule has 1 aromatic rings. The summed E-state index contributed by atoms with van der Waals surface area (Å²) in [6, 6.07) is 7.01. The summed E-state index contributed by atoms with van der Waals surface area (Å²) >= 11 is 0. The van der Waals surface area contributed by atoms with Crippen LogP contribution in [0.3, 0.4) is 0 Å². The maximum absolute atomic E-state index is 13.3. The molecule has 0 unspecified atom stereocenters. The van der Waals surface area contributed by atoms with Crippen LogP contribution >= 0.6 is 0 Å². The lowest BCUT2D eigenvalue weighted by molar-refractivity contribution is -0.133. The Labute approximate surface area is 162 Å². The van der Waals surface area contributed by atoms with Gasteiger partial charge in [-0.15, -0.1) is 0 Å². The van der Waals surface area contributed by atoms with E-state index in [9.17, 15) is 9.59 Å². The molecule has 1 heterocycles. The van der Waals surface area contributed by atoms with Gasteiger partial charge in [-0.3, -0.25) is 9.69 Å². The Hall–Kier alpha value is -2.08. The van der Waals surface area contributed by atoms with Crippen molar-refractivity contribution in [3.05, 3.63) is 29.8 Å². The lowest BCUT2D eigenvalue weighted by Gasteiger charge is -2.30. The molecular formula is C21H33N3O3. The second kappa shape index (κ2) is 8.74. The molecule has 1 aromatic carbocycles. The van der Waals surface area contributed by atoms with Crippen molar-refractivity contribution in [3.63, 3.8) is 0 Å². The van der Waals surface area contributed by atoms with Crippen LogP contribution < -0.4 is 10.1 Å². The average molecular weight is 376 g/mol. The van der Waals surface area contributed by atoms with Gasteiger partial charge in [0, 0.05) is 13.1 Å². The van der Waals surface area contributed by atoms with Gasteiger partial charge in [0.2, 0.25) is 0 Å². The maximum atomic E-state index is 13.3. The molecule has 2 rings (SSSR count). The predicted molar refractivity (Wildman–Crippen MR) is 106 cm³/mol. The quantitative estimate of drug-likeness (QED) is 0.672. The Morgan fingerprint density at radius 3 is 2.07 bits per heavy atom. The van der Waals surface area contributed by atoms with Crippen LogP contribution in [0.5, 0.6) is 5.75 Å². The number of urea groups is 1. The third-order valence-electron chi connectivity index (χ3n) is 4.88. The number of carbonyl (C=O) groups excluding carboxylic acids is 2. The van der Waals surface area contributed by atoms with Crippen LogP contribution in [0.1, 0.15) is 46.6 Å². The Morgan fingerprint density at radius 2 is 1.63 bits per heavy atom. The molecule has 0 aromatic heterocycles. The van der Waals surface area contributed by atoms with E-state index in [1.165, 1.54) is 4.90 Å². The number of nitrogens with one attached hydrogen (secondary N) is 1. The molecule has 1 fully saturated rings. The van der Waals surface area contributed by atoms with E-state index in [4.69, 9.17) is 4.74 Å². The number of methoxy groups -OCH3 is 1. The molecule has 1 aliphatic heterocycles. The Kier molecular flexibility index (Phi) is 6.87. The van der Waals surface area contributed by atoms with Crippen molar-refractivity contribution < 1.29 is 14.3 Å². The van der Waals surface area contributed by atoms with Crippen molar-refractivity contribution in [2.75, 3.05) is 26.9 Å². The first-order valence-corrected chi connectivity index (χ1v) is 9.74. The molecule has 0 saturated carbocycles. The fourth-order valence-corrected chi connectivity index (χ4v) is 3.69. The van der Waals surface area contributed by atoms with E-state index in [2.05, 4.69) is 37.9 Å². The zero-order chi connectivity index (χ0) is 20.2. The highest BCUT2D eigenvalue weighted by Gasteiger charge is 2.51. The Bertz CT molecular complexity index is 647. The first kappa shape index (κ1) is 21.2. The molecule has 0 aliphatic carbocycles. The van der Waals surface area contributed by atoms with Gasteiger partial charge in [0.15, 0.2) is 0 Å². The minimum absolute atomic E-state index is 0.183. The fourth-order valence-electron chi connectivity index (χ4n) is 3.69. The highest BCUT2D eigenvalue weighted by Crippen LogP contribution is 2.33. The molecule has 6 heteroatoms. The third-order valence-corrected chi connectivity index (χ3v) is 4.88. The average Bonchev–Trinajstić information content (AvgIpc) is 2.85. The normalized spacial score (nSPS) is 20.1. The van der Waals surface area contributed by atoms with Crippen LogP contribution in [-0.2, 0) is 10.3 Å². The number of hydrogen-bond donors (Lipinski definition) is 1. The van der Waals surface area contributed by atoms with Crippen molar-refractivity contribution in [3.8, 4) is 5.75 Å². The van der Waals surface area contributed by atoms with Gasteiger partial charge in [0.05, 0.1) is 13.8 Å². The fraction of sp³-hybridized carbons (Fsp3) is 0.619. The summed E-state index contributed by atoms with van der Waals surface area (Å²) in [5, 5.41) is 2.95. The van der Waals surface area contributed by atoms with E-state index >= 15 is 0 Å². The van der Waals surface area contributed by atoms with E-state index in [1.54, 1.807) is 7.11 Å². The first-order valence-electron chi connectivity index (χ1n) is 9.74. The lowest BCUT2D eigenvalue weighted by Crippen LogP contribution is -2.46. The van der Waals surface area contributed by atoms with E-state index in [0.717, 1.165) is 24.4 Å². The molecule has 27 heavy (non-hydrogen) atoms. The number of carbonyl (C=O) groups is 2. The molecule has 1 N–H and O–H groups in total. The number of imide groups is 1. The van der Waals surface area contributed by atoms with E-state index < -0.39 is 5.54 Å². The molecule has 1 aliphatic rings. The van der Waals surface area contributed by atoms with Gasteiger partial charge >= 0.3 is 6.03 Å². The van der Waals surface area contributed by atoms with Crippen molar-refractivity contribution in [2.24, 2.45) is 11.8 Å². The Balaban J connectivity index is 2.26. The zero-order valence-corrected chi connectivity index (χ0v) is 17.4. The van der Waals surface area contributed by atoms with E-state index in [1.807, 2.05) is 31.2 Å². The molecule has 6 nitrogen and oxygen atoms in total. The number of hydrogen-bond acceptors (Lipinski definition) is 4. The highest BCUT2D eigenvalue weighted by atomic mass is 16.5. The van der Waals surface area contributed by atoms with E-state index in [-0.39, 0.29) is 11.9 Å². The lowest BCUT2D eigenvalue weighted by atomic mass is 9.87. The molecule has 0 radical (unpaired) electrons. The van der Waals surface area contributed by atoms with Crippen LogP contribution in [0.4, 0.5) is 4.79 Å². The zero-order valence-electron chi connectivity index (χ0n) is 17.4. The SMILES string of the molecule is CC[C@@]1(c2ccc(OC)cc2)NC(=O)N(CN(CC(C)C)CC(C)C)C1=O. The van der Waals surface area contributed by atoms with Crippen LogP contribution in [0, 0.1) is 11.8 Å². The summed E-state index contributed by atoms with van der Waals surface area (Å²) in [4.78, 5) is 29.6. The third kappa shape index (κ3) is 4.61. The topological polar surface area (TPSA) is 61.9 Å². The number of ether oxygens (including phenoxy) is 1. The van der Waals surface area contributed by atoms with Crippen LogP contribution in [0.15, 0.2) is 24.3 Å². The summed E-state index contributed by atoms with van der Waals surface area (Å²) in [5.74, 6) is 1.46. The van der Waals surface area contributed by atoms with Crippen LogP contribution in [-0.4, -0.2) is 48.6 Å². The smallest absolute Gasteiger partial charge is 0.326 e. The van der Waals surface area contributed by atoms with Gasteiger partial charge in [-0.05, 0) is 36.0 Å². The van der Waals surface area contributed by atoms with Gasteiger partial charge in [-0.2, -0.15) is 0 Å². The van der Waals surface area contributed by atoms with Gasteiger partial charge in [0.1, 0.15) is 11.3 Å². The summed E-state index contributed by atoms with van der Waals surface area (Å²) in [7, 11) is 1.60. The van der Waals surface area contributed by atoms with Gasteiger partial charge in [0.25, 0.3) is 5.91 Å². The summed E-state index contributed by atoms with van der Waals surface area (Å²) in [5.41, 5.74) is -0.226. The Morgan fingerprint density at radius 1 is 1.07 bits per heavy atom. The van der Waals surface area contributed by atoms with Crippen LogP contribution in [0.25, 0.3) is 0 Å². The molecule has 1 atom stereocenters. The number of rotatable bonds is 9. The van der Waals surface area contributed by atoms with Crippen molar-refractivity contribution in [2.45, 2.75) is 46.6 Å². The molecule has 0 spiro atoms. The molecule has 3 amide bonds. The number of amides is 3. The summed E-state index contributed by atoms with van der Waals surface area (Å²) in [6.07, 6.45) is 0.495.